The van der Waals surface area contributed by atoms with Crippen LogP contribution in [0.1, 0.15) is 10.5 Å². The summed E-state index contributed by atoms with van der Waals surface area (Å²) in [6.45, 7) is 0. The summed E-state index contributed by atoms with van der Waals surface area (Å²) >= 11 is 17.3. The van der Waals surface area contributed by atoms with E-state index in [9.17, 15) is 13.2 Å². The van der Waals surface area contributed by atoms with E-state index in [2.05, 4.69) is 4.98 Å². The van der Waals surface area contributed by atoms with Crippen LogP contribution in [-0.4, -0.2) is 19.3 Å². The van der Waals surface area contributed by atoms with Gasteiger partial charge in [-0.25, -0.2) is 13.4 Å². The van der Waals surface area contributed by atoms with Crippen LogP contribution in [-0.2, 0) is 10.0 Å². The molecule has 2 aromatic rings. The third kappa shape index (κ3) is 3.85. The van der Waals surface area contributed by atoms with Crippen molar-refractivity contribution in [2.24, 2.45) is 0 Å². The topological polar surface area (TPSA) is 114 Å². The summed E-state index contributed by atoms with van der Waals surface area (Å²) in [5, 5.41) is -0.571. The summed E-state index contributed by atoms with van der Waals surface area (Å²) in [7, 11) is -3.95. The van der Waals surface area contributed by atoms with Gasteiger partial charge >= 0.3 is 0 Å². The number of halogens is 3. The highest BCUT2D eigenvalue weighted by Crippen LogP contribution is 2.34. The van der Waals surface area contributed by atoms with Gasteiger partial charge in [0.05, 0.1) is 15.6 Å². The Morgan fingerprint density at radius 3 is 2.30 bits per heavy atom. The van der Waals surface area contributed by atoms with E-state index >= 15 is 0 Å². The van der Waals surface area contributed by atoms with Crippen LogP contribution >= 0.6 is 34.8 Å². The van der Waals surface area contributed by atoms with Gasteiger partial charge in [-0.2, -0.15) is 0 Å². The van der Waals surface area contributed by atoms with Crippen molar-refractivity contribution in [1.82, 2.24) is 15.2 Å². The minimum atomic E-state index is -3.95. The fraction of sp³-hybridized carbons (Fsp3) is 0. The monoisotopic (exact) mass is 394 g/mol. The molecule has 7 nitrogen and oxygen atoms in total. The van der Waals surface area contributed by atoms with Gasteiger partial charge < -0.3 is 5.73 Å². The van der Waals surface area contributed by atoms with Gasteiger partial charge in [-0.3, -0.25) is 10.2 Å². The zero-order valence-corrected chi connectivity index (χ0v) is 14.3. The number of hydrogen-bond donors (Lipinski definition) is 3. The summed E-state index contributed by atoms with van der Waals surface area (Å²) in [6, 6.07) is 7.44. The first-order chi connectivity index (χ1) is 10.7. The Hall–Kier alpha value is -1.58. The third-order valence-corrected chi connectivity index (χ3v) is 5.04. The Labute approximate surface area is 146 Å². The molecule has 1 heterocycles. The molecule has 0 saturated heterocycles. The normalized spacial score (nSPS) is 11.3. The fourth-order valence-corrected chi connectivity index (χ4v) is 2.97. The molecule has 1 aromatic carbocycles. The van der Waals surface area contributed by atoms with E-state index < -0.39 is 15.9 Å². The highest BCUT2D eigenvalue weighted by molar-refractivity contribution is 7.89. The number of benzene rings is 1. The van der Waals surface area contributed by atoms with Crippen LogP contribution in [0, 0.1) is 0 Å². The van der Waals surface area contributed by atoms with E-state index in [4.69, 9.17) is 40.5 Å². The standard InChI is InChI=1S/C12H9Cl3N4O3S/c13-7-9(16)8(14)11(15)17-10(7)12(20)18-19-23(21,22)6-4-2-1-3-5-6/h1-5,19H,(H2,16,17)(H,18,20). The van der Waals surface area contributed by atoms with E-state index in [1.54, 1.807) is 6.07 Å². The highest BCUT2D eigenvalue weighted by atomic mass is 35.5. The molecule has 0 aliphatic carbocycles. The molecule has 122 valence electrons. The second-order valence-corrected chi connectivity index (χ2v) is 6.96. The summed E-state index contributed by atoms with van der Waals surface area (Å²) in [5.74, 6) is -0.945. The van der Waals surface area contributed by atoms with Crippen LogP contribution in [0.4, 0.5) is 5.69 Å². The maximum atomic E-state index is 12.0. The number of nitrogens with one attached hydrogen (secondary N) is 2. The number of nitrogens with two attached hydrogens (primary N) is 1. The maximum absolute atomic E-state index is 12.0. The summed E-state index contributed by atoms with van der Waals surface area (Å²) in [6.07, 6.45) is 0. The molecule has 0 bridgehead atoms. The van der Waals surface area contributed by atoms with Crippen LogP contribution < -0.4 is 16.0 Å². The Kier molecular flexibility index (Phi) is 5.33. The van der Waals surface area contributed by atoms with E-state index in [-0.39, 0.29) is 31.5 Å². The molecule has 11 heteroatoms. The van der Waals surface area contributed by atoms with Gasteiger partial charge in [-0.1, -0.05) is 53.0 Å². The van der Waals surface area contributed by atoms with Gasteiger partial charge in [0.2, 0.25) is 0 Å². The minimum Gasteiger partial charge on any atom is -0.396 e. The number of carbonyl (C=O) groups is 1. The molecule has 4 N–H and O–H groups in total. The number of anilines is 1. The Bertz CT molecular complexity index is 860. The zero-order chi connectivity index (χ0) is 17.2. The number of hydrazine groups is 1. The molecule has 1 aromatic heterocycles. The predicted molar refractivity (Wildman–Crippen MR) is 87.9 cm³/mol. The van der Waals surface area contributed by atoms with Crippen molar-refractivity contribution in [3.63, 3.8) is 0 Å². The lowest BCUT2D eigenvalue weighted by molar-refractivity contribution is 0.0940. The molecule has 0 spiro atoms. The van der Waals surface area contributed by atoms with Crippen LogP contribution in [0.2, 0.25) is 15.2 Å². The molecule has 0 radical (unpaired) electrons. The zero-order valence-electron chi connectivity index (χ0n) is 11.2. The molecular weight excluding hydrogens is 387 g/mol. The van der Waals surface area contributed by atoms with Gasteiger partial charge in [-0.05, 0) is 12.1 Å². The van der Waals surface area contributed by atoms with Crippen LogP contribution in [0.3, 0.4) is 0 Å². The van der Waals surface area contributed by atoms with Crippen molar-refractivity contribution < 1.29 is 13.2 Å². The third-order valence-electron chi connectivity index (χ3n) is 2.64. The number of hydrogen-bond acceptors (Lipinski definition) is 5. The molecule has 2 rings (SSSR count). The first kappa shape index (κ1) is 17.8. The van der Waals surface area contributed by atoms with Crippen molar-refractivity contribution in [3.05, 3.63) is 51.2 Å². The average Bonchev–Trinajstić information content (AvgIpc) is 2.55. The SMILES string of the molecule is Nc1c(Cl)c(Cl)nc(C(=O)NNS(=O)(=O)c2ccccc2)c1Cl. The van der Waals surface area contributed by atoms with E-state index in [1.807, 2.05) is 10.3 Å². The highest BCUT2D eigenvalue weighted by Gasteiger charge is 2.21. The van der Waals surface area contributed by atoms with E-state index in [0.717, 1.165) is 0 Å². The lowest BCUT2D eigenvalue weighted by atomic mass is 10.3. The average molecular weight is 396 g/mol. The van der Waals surface area contributed by atoms with Gasteiger partial charge in [0.25, 0.3) is 15.9 Å². The number of carbonyl (C=O) groups excluding carboxylic acids is 1. The predicted octanol–water partition coefficient (Wildman–Crippen LogP) is 2.25. The summed E-state index contributed by atoms with van der Waals surface area (Å²) in [4.78, 5) is 17.6. The number of pyridine rings is 1. The molecule has 0 unspecified atom stereocenters. The van der Waals surface area contributed by atoms with Gasteiger partial charge in [0.1, 0.15) is 5.02 Å². The Balaban J connectivity index is 2.21. The first-order valence-electron chi connectivity index (χ1n) is 5.91. The molecule has 0 aliphatic heterocycles. The smallest absolute Gasteiger partial charge is 0.286 e. The molecule has 0 saturated carbocycles. The fourth-order valence-electron chi connectivity index (χ4n) is 1.51. The van der Waals surface area contributed by atoms with Crippen molar-refractivity contribution in [2.45, 2.75) is 4.90 Å². The number of amides is 1. The van der Waals surface area contributed by atoms with Crippen LogP contribution in [0.25, 0.3) is 0 Å². The van der Waals surface area contributed by atoms with Crippen molar-refractivity contribution in [1.29, 1.82) is 0 Å². The Morgan fingerprint density at radius 1 is 1.09 bits per heavy atom. The summed E-state index contributed by atoms with van der Waals surface area (Å²) < 4.78 is 24.0. The van der Waals surface area contributed by atoms with Crippen LogP contribution in [0.5, 0.6) is 0 Å². The van der Waals surface area contributed by atoms with Gasteiger partial charge in [0, 0.05) is 0 Å². The Morgan fingerprint density at radius 2 is 1.70 bits per heavy atom. The maximum Gasteiger partial charge on any atom is 0.286 e. The number of aromatic nitrogens is 1. The number of nitrogens with zero attached hydrogens (tertiary/aromatic N) is 1. The van der Waals surface area contributed by atoms with Gasteiger partial charge in [-0.15, -0.1) is 4.83 Å². The second-order valence-electron chi connectivity index (χ2n) is 4.17. The lowest BCUT2D eigenvalue weighted by Gasteiger charge is -2.11. The lowest BCUT2D eigenvalue weighted by Crippen LogP contribution is -2.42. The number of sulfonamides is 1. The van der Waals surface area contributed by atoms with E-state index in [1.165, 1.54) is 24.3 Å². The summed E-state index contributed by atoms with van der Waals surface area (Å²) in [5.41, 5.74) is 7.06. The molecule has 23 heavy (non-hydrogen) atoms. The van der Waals surface area contributed by atoms with Crippen molar-refractivity contribution in [3.8, 4) is 0 Å². The quantitative estimate of drug-likeness (QED) is 0.542. The van der Waals surface area contributed by atoms with Crippen molar-refractivity contribution >= 4 is 56.4 Å². The largest absolute Gasteiger partial charge is 0.396 e. The minimum absolute atomic E-state index is 0.0343. The van der Waals surface area contributed by atoms with Crippen LogP contribution in [0.15, 0.2) is 35.2 Å². The molecule has 0 atom stereocenters. The van der Waals surface area contributed by atoms with E-state index in [0.29, 0.717) is 0 Å². The molecular formula is C12H9Cl3N4O3S. The number of rotatable bonds is 4. The van der Waals surface area contributed by atoms with Gasteiger partial charge in [0.15, 0.2) is 10.8 Å². The molecule has 1 amide bonds. The molecule has 0 fully saturated rings. The van der Waals surface area contributed by atoms with Crippen molar-refractivity contribution in [2.75, 3.05) is 5.73 Å². The molecule has 0 aliphatic rings. The second kappa shape index (κ2) is 6.90. The number of nitrogen functional groups attached to an aromatic ring is 1. The first-order valence-corrected chi connectivity index (χ1v) is 8.53.